The summed E-state index contributed by atoms with van der Waals surface area (Å²) in [5, 5.41) is 9.38. The van der Waals surface area contributed by atoms with E-state index in [2.05, 4.69) is 0 Å². The largest absolute Gasteiger partial charge is 0.507 e. The third kappa shape index (κ3) is 4.06. The van der Waals surface area contributed by atoms with Crippen LogP contribution in [0.25, 0.3) is 0 Å². The Hall–Kier alpha value is -1.45. The summed E-state index contributed by atoms with van der Waals surface area (Å²) < 4.78 is 5.11. The molecule has 4 heteroatoms. The van der Waals surface area contributed by atoms with Gasteiger partial charge >= 0.3 is 5.97 Å². The van der Waals surface area contributed by atoms with E-state index in [4.69, 9.17) is 4.74 Å². The molecule has 0 aliphatic rings. The Bertz CT molecular complexity index is 342. The number of esters is 1. The highest BCUT2D eigenvalue weighted by Gasteiger charge is 2.19. The summed E-state index contributed by atoms with van der Waals surface area (Å²) in [4.78, 5) is 11.5. The first-order chi connectivity index (χ1) is 6.40. The summed E-state index contributed by atoms with van der Waals surface area (Å²) in [7, 11) is 0. The third-order valence-corrected chi connectivity index (χ3v) is 1.52. The highest BCUT2D eigenvalue weighted by atomic mass is 16.6. The molecule has 0 heterocycles. The lowest BCUT2D eigenvalue weighted by Crippen LogP contribution is -2.23. The molecule has 0 bridgehead atoms. The van der Waals surface area contributed by atoms with Crippen molar-refractivity contribution in [1.82, 2.24) is 0 Å². The topological polar surface area (TPSA) is 46.5 Å². The zero-order valence-corrected chi connectivity index (χ0v) is 8.57. The smallest absolute Gasteiger partial charge is 0.342 e. The minimum absolute atomic E-state index is 0. The summed E-state index contributed by atoms with van der Waals surface area (Å²) in [6.45, 7) is 5.35. The quantitative estimate of drug-likeness (QED) is 0.556. The number of hydrogen-bond donors (Lipinski definition) is 1. The first-order valence-electron chi connectivity index (χ1n) is 4.41. The van der Waals surface area contributed by atoms with Crippen LogP contribution < -0.4 is 0 Å². The van der Waals surface area contributed by atoms with Gasteiger partial charge in [0.1, 0.15) is 16.9 Å². The fourth-order valence-corrected chi connectivity index (χ4v) is 0.979. The molecule has 0 unspecified atom stereocenters. The van der Waals surface area contributed by atoms with Gasteiger partial charge < -0.3 is 9.84 Å². The van der Waals surface area contributed by atoms with Crippen molar-refractivity contribution in [3.05, 3.63) is 29.8 Å². The van der Waals surface area contributed by atoms with Crippen LogP contribution in [0.2, 0.25) is 0 Å². The van der Waals surface area contributed by atoms with Crippen LogP contribution in [-0.2, 0) is 4.74 Å². The second-order valence-corrected chi connectivity index (χ2v) is 4.02. The van der Waals surface area contributed by atoms with Crippen LogP contribution in [0.15, 0.2) is 24.3 Å². The first-order valence-corrected chi connectivity index (χ1v) is 4.41. The fraction of sp³-hybridized carbons (Fsp3) is 0.364. The second-order valence-electron chi connectivity index (χ2n) is 4.02. The van der Waals surface area contributed by atoms with E-state index in [1.165, 1.54) is 12.1 Å². The minimum Gasteiger partial charge on any atom is -0.507 e. The predicted molar refractivity (Wildman–Crippen MR) is 63.2 cm³/mol. The number of phenolic OH excluding ortho intramolecular Hbond substituents is 1. The number of carbonyl (C=O) groups is 1. The van der Waals surface area contributed by atoms with Crippen LogP contribution in [0.5, 0.6) is 5.75 Å². The van der Waals surface area contributed by atoms with Crippen LogP contribution in [0.3, 0.4) is 0 Å². The molecular formula is C11H17BO3. The van der Waals surface area contributed by atoms with E-state index in [0.29, 0.717) is 0 Å². The van der Waals surface area contributed by atoms with Crippen molar-refractivity contribution in [3.8, 4) is 5.75 Å². The van der Waals surface area contributed by atoms with Crippen LogP contribution in [0, 0.1) is 0 Å². The molecule has 0 fully saturated rings. The van der Waals surface area contributed by atoms with Gasteiger partial charge in [0.05, 0.1) is 8.41 Å². The molecule has 0 spiro atoms. The molecule has 0 saturated carbocycles. The second kappa shape index (κ2) is 4.87. The Balaban J connectivity index is 0.00000196. The van der Waals surface area contributed by atoms with E-state index in [1.54, 1.807) is 32.9 Å². The summed E-state index contributed by atoms with van der Waals surface area (Å²) in [5.41, 5.74) is -0.346. The van der Waals surface area contributed by atoms with Crippen molar-refractivity contribution in [2.24, 2.45) is 0 Å². The normalized spacial score (nSPS) is 10.3. The lowest BCUT2D eigenvalue weighted by Gasteiger charge is -2.19. The lowest BCUT2D eigenvalue weighted by atomic mass is 10.1. The van der Waals surface area contributed by atoms with Gasteiger partial charge in [-0.3, -0.25) is 0 Å². The number of ether oxygens (including phenoxy) is 1. The standard InChI is InChI=1S/C11H14O3.BH3/c1-11(2,3)14-10(13)8-6-4-5-7-9(8)12;/h4-7,12H,1-3H3;1H3. The van der Waals surface area contributed by atoms with Crippen molar-refractivity contribution in [2.75, 3.05) is 0 Å². The van der Waals surface area contributed by atoms with Gasteiger partial charge in [0, 0.05) is 0 Å². The summed E-state index contributed by atoms with van der Waals surface area (Å²) in [6.07, 6.45) is 0. The molecule has 0 saturated heterocycles. The monoisotopic (exact) mass is 208 g/mol. The van der Waals surface area contributed by atoms with Gasteiger partial charge in [0.15, 0.2) is 0 Å². The Morgan fingerprint density at radius 1 is 1.27 bits per heavy atom. The third-order valence-electron chi connectivity index (χ3n) is 1.52. The molecule has 0 amide bonds. The fourth-order valence-electron chi connectivity index (χ4n) is 0.979. The van der Waals surface area contributed by atoms with Gasteiger partial charge in [0.25, 0.3) is 0 Å². The maximum atomic E-state index is 11.5. The molecule has 15 heavy (non-hydrogen) atoms. The maximum Gasteiger partial charge on any atom is 0.342 e. The van der Waals surface area contributed by atoms with Crippen LogP contribution in [0.4, 0.5) is 0 Å². The SMILES string of the molecule is B.CC(C)(C)OC(=O)c1ccccc1O. The molecule has 0 aliphatic heterocycles. The predicted octanol–water partition coefficient (Wildman–Crippen LogP) is 1.16. The van der Waals surface area contributed by atoms with Crippen LogP contribution in [0.1, 0.15) is 31.1 Å². The van der Waals surface area contributed by atoms with E-state index in [9.17, 15) is 9.90 Å². The molecule has 0 atom stereocenters. The number of hydrogen-bond acceptors (Lipinski definition) is 3. The number of aromatic hydroxyl groups is 1. The van der Waals surface area contributed by atoms with E-state index >= 15 is 0 Å². The van der Waals surface area contributed by atoms with Crippen LogP contribution >= 0.6 is 0 Å². The molecule has 1 rings (SSSR count). The van der Waals surface area contributed by atoms with Crippen molar-refractivity contribution < 1.29 is 14.6 Å². The number of benzene rings is 1. The maximum absolute atomic E-state index is 11.5. The average Bonchev–Trinajstić information content (AvgIpc) is 2.01. The van der Waals surface area contributed by atoms with Gasteiger partial charge in [-0.2, -0.15) is 0 Å². The summed E-state index contributed by atoms with van der Waals surface area (Å²) >= 11 is 0. The van der Waals surface area contributed by atoms with E-state index in [0.717, 1.165) is 0 Å². The molecule has 82 valence electrons. The average molecular weight is 208 g/mol. The molecular weight excluding hydrogens is 191 g/mol. The van der Waals surface area contributed by atoms with E-state index in [1.807, 2.05) is 0 Å². The molecule has 0 aromatic heterocycles. The Morgan fingerprint density at radius 3 is 2.27 bits per heavy atom. The summed E-state index contributed by atoms with van der Waals surface area (Å²) in [5.74, 6) is -0.558. The molecule has 3 nitrogen and oxygen atoms in total. The number of rotatable bonds is 1. The first kappa shape index (κ1) is 13.6. The number of phenols is 1. The highest BCUT2D eigenvalue weighted by Crippen LogP contribution is 2.19. The minimum atomic E-state index is -0.542. The lowest BCUT2D eigenvalue weighted by molar-refractivity contribution is 0.00668. The zero-order valence-electron chi connectivity index (χ0n) is 8.57. The Labute approximate surface area is 91.6 Å². The van der Waals surface area contributed by atoms with Gasteiger partial charge in [-0.15, -0.1) is 0 Å². The molecule has 1 N–H and O–H groups in total. The van der Waals surface area contributed by atoms with E-state index in [-0.39, 0.29) is 19.7 Å². The van der Waals surface area contributed by atoms with Gasteiger partial charge in [-0.1, -0.05) is 12.1 Å². The van der Waals surface area contributed by atoms with Crippen molar-refractivity contribution in [1.29, 1.82) is 0 Å². The molecule has 1 aromatic carbocycles. The summed E-state index contributed by atoms with van der Waals surface area (Å²) in [6, 6.07) is 6.32. The van der Waals surface area contributed by atoms with Gasteiger partial charge in [-0.25, -0.2) is 4.79 Å². The van der Waals surface area contributed by atoms with E-state index < -0.39 is 11.6 Å². The molecule has 1 aromatic rings. The van der Waals surface area contributed by atoms with Crippen molar-refractivity contribution in [3.63, 3.8) is 0 Å². The number of para-hydroxylation sites is 1. The Morgan fingerprint density at radius 2 is 1.80 bits per heavy atom. The Kier molecular flexibility index (Phi) is 4.40. The highest BCUT2D eigenvalue weighted by molar-refractivity contribution is 5.92. The van der Waals surface area contributed by atoms with Crippen LogP contribution in [-0.4, -0.2) is 25.1 Å². The van der Waals surface area contributed by atoms with Gasteiger partial charge in [0.2, 0.25) is 0 Å². The van der Waals surface area contributed by atoms with Gasteiger partial charge in [-0.05, 0) is 32.9 Å². The van der Waals surface area contributed by atoms with Crippen molar-refractivity contribution in [2.45, 2.75) is 26.4 Å². The number of carbonyl (C=O) groups excluding carboxylic acids is 1. The van der Waals surface area contributed by atoms with Crippen molar-refractivity contribution >= 4 is 14.4 Å². The molecule has 0 aliphatic carbocycles. The molecule has 0 radical (unpaired) electrons. The zero-order chi connectivity index (χ0) is 10.8.